The number of carbonyl (C=O) groups excluding carboxylic acids is 2. The molecular formula is C28H38O7. The second-order valence-electron chi connectivity index (χ2n) is 12.8. The number of rotatable bonds is 3. The molecule has 11 atom stereocenters. The van der Waals surface area contributed by atoms with E-state index in [1.807, 2.05) is 20.8 Å². The summed E-state index contributed by atoms with van der Waals surface area (Å²) in [6, 6.07) is 0. The highest BCUT2D eigenvalue weighted by Crippen LogP contribution is 2.73. The first-order valence-electron chi connectivity index (χ1n) is 13.2. The summed E-state index contributed by atoms with van der Waals surface area (Å²) in [5.74, 6) is 0.251. The number of hydrogen-bond acceptors (Lipinski definition) is 7. The number of aliphatic hydroxyl groups is 3. The maximum atomic E-state index is 13.3. The van der Waals surface area contributed by atoms with E-state index in [1.54, 1.807) is 12.2 Å². The van der Waals surface area contributed by atoms with Crippen LogP contribution in [0.4, 0.5) is 0 Å². The lowest BCUT2D eigenvalue weighted by atomic mass is 9.44. The SMILES string of the molecule is CC1=C(CO)C(=O)OC(C(C)(O)C2CCC3C4CC5OC56C(O)C=CC(=O)C6(C)C4CCC32C)C1. The molecule has 2 aliphatic heterocycles. The van der Waals surface area contributed by atoms with Gasteiger partial charge in [-0.15, -0.1) is 0 Å². The van der Waals surface area contributed by atoms with Crippen molar-refractivity contribution in [3.05, 3.63) is 23.3 Å². The van der Waals surface area contributed by atoms with Crippen LogP contribution in [0.1, 0.15) is 66.2 Å². The Morgan fingerprint density at radius 3 is 2.60 bits per heavy atom. The Morgan fingerprint density at radius 2 is 1.91 bits per heavy atom. The molecule has 1 spiro atoms. The number of hydrogen-bond donors (Lipinski definition) is 3. The van der Waals surface area contributed by atoms with Crippen LogP contribution >= 0.6 is 0 Å². The number of cyclic esters (lactones) is 1. The molecule has 0 aromatic heterocycles. The molecule has 6 aliphatic rings. The topological polar surface area (TPSA) is 117 Å². The molecule has 3 saturated carbocycles. The van der Waals surface area contributed by atoms with Gasteiger partial charge in [0.1, 0.15) is 23.4 Å². The van der Waals surface area contributed by atoms with Gasteiger partial charge >= 0.3 is 5.97 Å². The van der Waals surface area contributed by atoms with Crippen molar-refractivity contribution in [1.82, 2.24) is 0 Å². The molecule has 0 aromatic rings. The quantitative estimate of drug-likeness (QED) is 0.414. The second kappa shape index (κ2) is 7.27. The molecular weight excluding hydrogens is 448 g/mol. The second-order valence-corrected chi connectivity index (χ2v) is 12.8. The fourth-order valence-corrected chi connectivity index (χ4v) is 9.72. The van der Waals surface area contributed by atoms with E-state index in [2.05, 4.69) is 6.92 Å². The Hall–Kier alpha value is -1.54. The first kappa shape index (κ1) is 23.8. The summed E-state index contributed by atoms with van der Waals surface area (Å²) in [5.41, 5.74) is -1.78. The average Bonchev–Trinajstić information content (AvgIpc) is 3.42. The van der Waals surface area contributed by atoms with Crippen LogP contribution in [0.15, 0.2) is 23.3 Å². The smallest absolute Gasteiger partial charge is 0.336 e. The third kappa shape index (κ3) is 2.76. The summed E-state index contributed by atoms with van der Waals surface area (Å²) >= 11 is 0. The van der Waals surface area contributed by atoms with E-state index in [4.69, 9.17) is 9.47 Å². The van der Waals surface area contributed by atoms with Crippen LogP contribution in [0, 0.1) is 34.5 Å². The molecule has 0 radical (unpaired) electrons. The molecule has 35 heavy (non-hydrogen) atoms. The van der Waals surface area contributed by atoms with Crippen molar-refractivity contribution in [2.45, 2.75) is 95.7 Å². The summed E-state index contributed by atoms with van der Waals surface area (Å²) in [6.07, 6.45) is 6.44. The van der Waals surface area contributed by atoms with E-state index in [1.165, 1.54) is 0 Å². The number of esters is 1. The maximum absolute atomic E-state index is 13.3. The van der Waals surface area contributed by atoms with E-state index >= 15 is 0 Å². The molecule has 0 aromatic carbocycles. The van der Waals surface area contributed by atoms with E-state index in [0.29, 0.717) is 23.8 Å². The van der Waals surface area contributed by atoms with E-state index in [-0.39, 0.29) is 35.7 Å². The zero-order chi connectivity index (χ0) is 25.1. The van der Waals surface area contributed by atoms with Gasteiger partial charge in [-0.2, -0.15) is 0 Å². The summed E-state index contributed by atoms with van der Waals surface area (Å²) in [7, 11) is 0. The molecule has 7 heteroatoms. The van der Waals surface area contributed by atoms with Gasteiger partial charge in [-0.25, -0.2) is 4.79 Å². The van der Waals surface area contributed by atoms with Crippen LogP contribution in [0.3, 0.4) is 0 Å². The van der Waals surface area contributed by atoms with Crippen molar-refractivity contribution in [2.24, 2.45) is 34.5 Å². The van der Waals surface area contributed by atoms with Crippen molar-refractivity contribution in [1.29, 1.82) is 0 Å². The predicted molar refractivity (Wildman–Crippen MR) is 126 cm³/mol. The van der Waals surface area contributed by atoms with E-state index in [0.717, 1.165) is 37.7 Å². The Morgan fingerprint density at radius 1 is 1.17 bits per heavy atom. The van der Waals surface area contributed by atoms with Crippen LogP contribution < -0.4 is 0 Å². The van der Waals surface area contributed by atoms with Crippen LogP contribution in [0.25, 0.3) is 0 Å². The Kier molecular flexibility index (Phi) is 4.95. The summed E-state index contributed by atoms with van der Waals surface area (Å²) in [6.45, 7) is 7.59. The summed E-state index contributed by atoms with van der Waals surface area (Å²) < 4.78 is 11.9. The van der Waals surface area contributed by atoms with Crippen molar-refractivity contribution < 1.29 is 34.4 Å². The third-order valence-corrected chi connectivity index (χ3v) is 11.6. The van der Waals surface area contributed by atoms with Crippen LogP contribution in [0.2, 0.25) is 0 Å². The molecule has 2 heterocycles. The highest BCUT2D eigenvalue weighted by Gasteiger charge is 2.80. The van der Waals surface area contributed by atoms with Gasteiger partial charge in [-0.05, 0) is 94.1 Å². The van der Waals surface area contributed by atoms with Crippen LogP contribution in [-0.4, -0.2) is 63.2 Å². The predicted octanol–water partition coefficient (Wildman–Crippen LogP) is 2.47. The van der Waals surface area contributed by atoms with Gasteiger partial charge in [0, 0.05) is 6.42 Å². The minimum atomic E-state index is -1.20. The number of epoxide rings is 1. The first-order chi connectivity index (χ1) is 16.4. The van der Waals surface area contributed by atoms with Crippen molar-refractivity contribution in [3.63, 3.8) is 0 Å². The van der Waals surface area contributed by atoms with Gasteiger partial charge in [0.2, 0.25) is 0 Å². The van der Waals surface area contributed by atoms with Gasteiger partial charge in [-0.3, -0.25) is 4.79 Å². The molecule has 4 aliphatic carbocycles. The maximum Gasteiger partial charge on any atom is 0.336 e. The van der Waals surface area contributed by atoms with E-state index < -0.39 is 34.8 Å². The molecule has 7 nitrogen and oxygen atoms in total. The van der Waals surface area contributed by atoms with E-state index in [9.17, 15) is 24.9 Å². The lowest BCUT2D eigenvalue weighted by Crippen LogP contribution is -2.64. The number of ketones is 1. The molecule has 6 rings (SSSR count). The van der Waals surface area contributed by atoms with Crippen molar-refractivity contribution in [2.75, 3.05) is 6.61 Å². The minimum Gasteiger partial charge on any atom is -0.456 e. The lowest BCUT2D eigenvalue weighted by Gasteiger charge is -2.59. The lowest BCUT2D eigenvalue weighted by molar-refractivity contribution is -0.185. The number of allylic oxidation sites excluding steroid dienone is 1. The Bertz CT molecular complexity index is 1040. The van der Waals surface area contributed by atoms with Gasteiger partial charge in [0.05, 0.1) is 23.7 Å². The largest absolute Gasteiger partial charge is 0.456 e. The number of aliphatic hydroxyl groups excluding tert-OH is 2. The Balaban J connectivity index is 1.30. The van der Waals surface area contributed by atoms with Crippen LogP contribution in [-0.2, 0) is 19.1 Å². The standard InChI is InChI=1S/C28H38O7/c1-14-11-22(34-24(32)16(14)13-29)27(4,33)19-6-5-17-15-12-23-28(35-23)21(31)8-7-20(30)26(28,3)18(15)9-10-25(17,19)2/h7-8,15,17-19,21-23,29,31,33H,5-6,9-13H2,1-4H3. The fourth-order valence-electron chi connectivity index (χ4n) is 9.72. The first-order valence-corrected chi connectivity index (χ1v) is 13.2. The molecule has 1 saturated heterocycles. The van der Waals surface area contributed by atoms with Crippen molar-refractivity contribution >= 4 is 11.8 Å². The average molecular weight is 487 g/mol. The van der Waals surface area contributed by atoms with Gasteiger partial charge in [0.15, 0.2) is 5.78 Å². The molecule has 4 fully saturated rings. The monoisotopic (exact) mass is 486 g/mol. The zero-order valence-electron chi connectivity index (χ0n) is 21.1. The van der Waals surface area contributed by atoms with Gasteiger partial charge in [-0.1, -0.05) is 12.5 Å². The Labute approximate surface area is 206 Å². The third-order valence-electron chi connectivity index (χ3n) is 11.6. The molecule has 3 N–H and O–H groups in total. The van der Waals surface area contributed by atoms with Gasteiger partial charge in [0.25, 0.3) is 0 Å². The number of carbonyl (C=O) groups is 2. The van der Waals surface area contributed by atoms with Crippen molar-refractivity contribution in [3.8, 4) is 0 Å². The highest BCUT2D eigenvalue weighted by atomic mass is 16.6. The zero-order valence-corrected chi connectivity index (χ0v) is 21.1. The molecule has 11 unspecified atom stereocenters. The highest BCUT2D eigenvalue weighted by molar-refractivity contribution is 5.98. The normalized spacial score (nSPS) is 52.1. The summed E-state index contributed by atoms with van der Waals surface area (Å²) in [5, 5.41) is 32.3. The fraction of sp³-hybridized carbons (Fsp3) is 0.786. The minimum absolute atomic E-state index is 0.0469. The number of ether oxygens (including phenoxy) is 2. The number of fused-ring (bicyclic) bond motifs is 4. The summed E-state index contributed by atoms with van der Waals surface area (Å²) in [4.78, 5) is 25.8. The molecule has 0 amide bonds. The molecule has 192 valence electrons. The molecule has 0 bridgehead atoms. The van der Waals surface area contributed by atoms with Gasteiger partial charge < -0.3 is 24.8 Å². The van der Waals surface area contributed by atoms with Crippen LogP contribution in [0.5, 0.6) is 0 Å².